The molecule has 0 aromatic heterocycles. The van der Waals surface area contributed by atoms with E-state index in [-0.39, 0.29) is 18.3 Å². The van der Waals surface area contributed by atoms with E-state index in [1.165, 1.54) is 12.8 Å². The van der Waals surface area contributed by atoms with E-state index in [1.54, 1.807) is 0 Å². The Bertz CT molecular complexity index is 470. The number of fused-ring (bicyclic) bond motifs is 3. The Morgan fingerprint density at radius 1 is 0.667 bits per heavy atom. The fraction of sp³-hybridized carbons (Fsp3) is 1.00. The second-order valence-electron chi connectivity index (χ2n) is 8.07. The molecule has 0 aromatic rings. The Morgan fingerprint density at radius 2 is 1.25 bits per heavy atom. The molecule has 0 amide bonds. The monoisotopic (exact) mass is 340 g/mol. The van der Waals surface area contributed by atoms with Gasteiger partial charge in [-0.1, -0.05) is 12.8 Å². The first kappa shape index (κ1) is 16.0. The molecule has 0 unspecified atom stereocenters. The first-order valence-electron chi connectivity index (χ1n) is 9.70. The highest BCUT2D eigenvalue weighted by Gasteiger charge is 2.61. The molecule has 5 fully saturated rings. The van der Waals surface area contributed by atoms with E-state index in [0.29, 0.717) is 6.61 Å². The minimum Gasteiger partial charge on any atom is -0.366 e. The Morgan fingerprint density at radius 3 is 1.96 bits per heavy atom. The van der Waals surface area contributed by atoms with Crippen LogP contribution >= 0.6 is 0 Å². The molecule has 5 aliphatic rings. The molecule has 1 N–H and O–H groups in total. The van der Waals surface area contributed by atoms with Crippen LogP contribution in [0.25, 0.3) is 0 Å². The van der Waals surface area contributed by atoms with E-state index in [2.05, 4.69) is 0 Å². The molecule has 6 nitrogen and oxygen atoms in total. The fourth-order valence-corrected chi connectivity index (χ4v) is 5.15. The summed E-state index contributed by atoms with van der Waals surface area (Å²) in [5.41, 5.74) is 0. The number of aliphatic hydroxyl groups excluding tert-OH is 1. The lowest BCUT2D eigenvalue weighted by Crippen LogP contribution is -2.64. The average molecular weight is 340 g/mol. The molecule has 2 aliphatic carbocycles. The highest BCUT2D eigenvalue weighted by atomic mass is 16.8. The van der Waals surface area contributed by atoms with Gasteiger partial charge in [0, 0.05) is 25.7 Å². The summed E-state index contributed by atoms with van der Waals surface area (Å²) in [6, 6.07) is 0. The first-order chi connectivity index (χ1) is 11.7. The summed E-state index contributed by atoms with van der Waals surface area (Å²) < 4.78 is 30.9. The number of ether oxygens (including phenoxy) is 5. The lowest BCUT2D eigenvalue weighted by Gasteiger charge is -2.50. The fourth-order valence-electron chi connectivity index (χ4n) is 5.15. The third kappa shape index (κ3) is 2.54. The molecule has 24 heavy (non-hydrogen) atoms. The van der Waals surface area contributed by atoms with Gasteiger partial charge in [0.2, 0.25) is 0 Å². The van der Waals surface area contributed by atoms with Gasteiger partial charge in [0.25, 0.3) is 0 Å². The molecule has 0 radical (unpaired) electrons. The van der Waals surface area contributed by atoms with Crippen LogP contribution in [-0.4, -0.2) is 54.0 Å². The maximum absolute atomic E-state index is 10.4. The Balaban J connectivity index is 1.38. The van der Waals surface area contributed by atoms with Crippen LogP contribution in [0, 0.1) is 0 Å². The maximum atomic E-state index is 10.4. The molecule has 0 aromatic carbocycles. The van der Waals surface area contributed by atoms with Crippen LogP contribution in [0.1, 0.15) is 64.2 Å². The van der Waals surface area contributed by atoms with Crippen LogP contribution in [0.3, 0.4) is 0 Å². The third-order valence-electron chi connectivity index (χ3n) is 6.40. The quantitative estimate of drug-likeness (QED) is 0.729. The summed E-state index contributed by atoms with van der Waals surface area (Å²) in [6.07, 6.45) is 8.43. The molecule has 3 heterocycles. The van der Waals surface area contributed by atoms with Gasteiger partial charge in [-0.2, -0.15) is 0 Å². The van der Waals surface area contributed by atoms with Crippen molar-refractivity contribution in [2.24, 2.45) is 0 Å². The molecular weight excluding hydrogens is 312 g/mol. The van der Waals surface area contributed by atoms with Crippen molar-refractivity contribution < 1.29 is 28.8 Å². The zero-order valence-corrected chi connectivity index (χ0v) is 14.2. The summed E-state index contributed by atoms with van der Waals surface area (Å²) in [4.78, 5) is 0. The predicted molar refractivity (Wildman–Crippen MR) is 83.1 cm³/mol. The highest BCUT2D eigenvalue weighted by molar-refractivity contribution is 5.01. The SMILES string of the molecule is O[C@@H]1O[C@@H]2COC3(CCCCC3)O[C@H]2[C@H]2OC3(CCCCC3)O[C@@H]21. The molecule has 6 heteroatoms. The Hall–Kier alpha value is -0.240. The van der Waals surface area contributed by atoms with Crippen molar-refractivity contribution >= 4 is 0 Å². The standard InChI is InChI=1S/C18H28O6/c19-16-15-14(23-18(24-15)9-5-2-6-10-18)13-12(21-16)11-20-17(22-13)7-3-1-4-8-17/h12-16,19H,1-11H2/t12-,13-,14-,15+,16-/m1/s1. The van der Waals surface area contributed by atoms with E-state index in [0.717, 1.165) is 51.4 Å². The van der Waals surface area contributed by atoms with Gasteiger partial charge in [0.05, 0.1) is 6.61 Å². The van der Waals surface area contributed by atoms with Gasteiger partial charge in [-0.3, -0.25) is 0 Å². The molecule has 3 aliphatic heterocycles. The summed E-state index contributed by atoms with van der Waals surface area (Å²) in [7, 11) is 0. The van der Waals surface area contributed by atoms with E-state index in [4.69, 9.17) is 23.7 Å². The van der Waals surface area contributed by atoms with Crippen molar-refractivity contribution in [2.75, 3.05) is 6.61 Å². The third-order valence-corrected chi connectivity index (χ3v) is 6.40. The minimum atomic E-state index is -0.967. The smallest absolute Gasteiger partial charge is 0.184 e. The van der Waals surface area contributed by atoms with E-state index in [9.17, 15) is 5.11 Å². The van der Waals surface area contributed by atoms with Gasteiger partial charge in [0.1, 0.15) is 24.4 Å². The first-order valence-corrected chi connectivity index (χ1v) is 9.70. The molecule has 136 valence electrons. The van der Waals surface area contributed by atoms with Crippen LogP contribution < -0.4 is 0 Å². The zero-order chi connectivity index (χ0) is 16.2. The second kappa shape index (κ2) is 5.89. The lowest BCUT2D eigenvalue weighted by atomic mass is 9.90. The number of hydrogen-bond donors (Lipinski definition) is 1. The molecule has 2 saturated carbocycles. The highest BCUT2D eigenvalue weighted by Crippen LogP contribution is 2.48. The molecular formula is C18H28O6. The summed E-state index contributed by atoms with van der Waals surface area (Å²) in [5.74, 6) is -1.03. The van der Waals surface area contributed by atoms with E-state index < -0.39 is 24.0 Å². The lowest BCUT2D eigenvalue weighted by molar-refractivity contribution is -0.382. The van der Waals surface area contributed by atoms with Crippen LogP contribution in [0.15, 0.2) is 0 Å². The van der Waals surface area contributed by atoms with Crippen molar-refractivity contribution in [1.82, 2.24) is 0 Å². The van der Waals surface area contributed by atoms with Crippen molar-refractivity contribution in [2.45, 2.75) is 106 Å². The van der Waals surface area contributed by atoms with Gasteiger partial charge in [-0.05, 0) is 25.7 Å². The number of aliphatic hydroxyl groups is 1. The van der Waals surface area contributed by atoms with Gasteiger partial charge < -0.3 is 28.8 Å². The number of hydrogen-bond acceptors (Lipinski definition) is 6. The molecule has 2 spiro atoms. The Labute approximate surface area is 142 Å². The van der Waals surface area contributed by atoms with E-state index in [1.807, 2.05) is 0 Å². The van der Waals surface area contributed by atoms with Gasteiger partial charge in [0.15, 0.2) is 17.9 Å². The zero-order valence-electron chi connectivity index (χ0n) is 14.2. The van der Waals surface area contributed by atoms with Crippen LogP contribution in [0.2, 0.25) is 0 Å². The van der Waals surface area contributed by atoms with Gasteiger partial charge in [-0.15, -0.1) is 0 Å². The van der Waals surface area contributed by atoms with Crippen LogP contribution in [-0.2, 0) is 23.7 Å². The minimum absolute atomic E-state index is 0.216. The molecule has 5 rings (SSSR count). The maximum Gasteiger partial charge on any atom is 0.184 e. The predicted octanol–water partition coefficient (Wildman–Crippen LogP) is 2.22. The van der Waals surface area contributed by atoms with Crippen molar-refractivity contribution in [3.05, 3.63) is 0 Å². The Kier molecular flexibility index (Phi) is 3.92. The van der Waals surface area contributed by atoms with Crippen LogP contribution in [0.4, 0.5) is 0 Å². The second-order valence-corrected chi connectivity index (χ2v) is 8.07. The van der Waals surface area contributed by atoms with E-state index >= 15 is 0 Å². The largest absolute Gasteiger partial charge is 0.366 e. The van der Waals surface area contributed by atoms with Crippen molar-refractivity contribution in [1.29, 1.82) is 0 Å². The summed E-state index contributed by atoms with van der Waals surface area (Å²) >= 11 is 0. The normalized spacial score (nSPS) is 46.6. The van der Waals surface area contributed by atoms with Gasteiger partial charge >= 0.3 is 0 Å². The molecule has 5 atom stereocenters. The summed E-state index contributed by atoms with van der Waals surface area (Å²) in [5, 5.41) is 10.4. The number of rotatable bonds is 0. The summed E-state index contributed by atoms with van der Waals surface area (Å²) in [6.45, 7) is 0.460. The molecule has 3 saturated heterocycles. The molecule has 0 bridgehead atoms. The topological polar surface area (TPSA) is 66.4 Å². The van der Waals surface area contributed by atoms with Crippen molar-refractivity contribution in [3.63, 3.8) is 0 Å². The van der Waals surface area contributed by atoms with Gasteiger partial charge in [-0.25, -0.2) is 0 Å². The van der Waals surface area contributed by atoms with Crippen molar-refractivity contribution in [3.8, 4) is 0 Å². The average Bonchev–Trinajstić information content (AvgIpc) is 2.97. The van der Waals surface area contributed by atoms with Crippen LogP contribution in [0.5, 0.6) is 0 Å².